The van der Waals surface area contributed by atoms with Gasteiger partial charge in [-0.05, 0) is 38.0 Å². The van der Waals surface area contributed by atoms with Crippen LogP contribution in [0.5, 0.6) is 0 Å². The molecule has 0 spiro atoms. The maximum absolute atomic E-state index is 13.6. The molecule has 0 aliphatic heterocycles. The van der Waals surface area contributed by atoms with Gasteiger partial charge in [-0.1, -0.05) is 44.9 Å². The van der Waals surface area contributed by atoms with E-state index in [0.717, 1.165) is 19.3 Å². The Balaban J connectivity index is 2.11. The van der Waals surface area contributed by atoms with Crippen molar-refractivity contribution in [3.05, 3.63) is 79.9 Å². The van der Waals surface area contributed by atoms with Gasteiger partial charge >= 0.3 is 0 Å². The zero-order valence-electron chi connectivity index (χ0n) is 19.6. The molecule has 174 valence electrons. The van der Waals surface area contributed by atoms with E-state index in [1.54, 1.807) is 49.2 Å². The number of aryl methyl sites for hydroxylation is 1. The minimum atomic E-state index is -0.473. The number of nitro groups is 1. The van der Waals surface area contributed by atoms with Crippen LogP contribution in [-0.4, -0.2) is 31.8 Å². The Hall–Kier alpha value is -3.55. The predicted octanol–water partition coefficient (Wildman–Crippen LogP) is 4.93. The second-order valence-corrected chi connectivity index (χ2v) is 8.24. The maximum Gasteiger partial charge on any atom is 0.273 e. The molecular formula is C25H30N4O4. The Morgan fingerprint density at radius 3 is 2.58 bits per heavy atom. The summed E-state index contributed by atoms with van der Waals surface area (Å²) >= 11 is 0. The van der Waals surface area contributed by atoms with Crippen LogP contribution in [0.1, 0.15) is 67.3 Å². The molecule has 1 aromatic heterocycles. The number of rotatable bonds is 9. The number of hydrogen-bond donors (Lipinski definition) is 0. The molecule has 3 rings (SSSR count). The summed E-state index contributed by atoms with van der Waals surface area (Å²) in [4.78, 5) is 44.1. The van der Waals surface area contributed by atoms with Crippen molar-refractivity contribution in [3.63, 3.8) is 0 Å². The van der Waals surface area contributed by atoms with Crippen molar-refractivity contribution in [3.8, 4) is 0 Å². The summed E-state index contributed by atoms with van der Waals surface area (Å²) in [6.07, 6.45) is 3.26. The lowest BCUT2D eigenvalue weighted by Crippen LogP contribution is -2.39. The lowest BCUT2D eigenvalue weighted by atomic mass is 10.1. The van der Waals surface area contributed by atoms with E-state index < -0.39 is 11.0 Å². The predicted molar refractivity (Wildman–Crippen MR) is 128 cm³/mol. The molecule has 0 aliphatic rings. The molecule has 1 amide bonds. The maximum atomic E-state index is 13.6. The van der Waals surface area contributed by atoms with Gasteiger partial charge in [0.05, 0.1) is 21.9 Å². The smallest absolute Gasteiger partial charge is 0.273 e. The molecule has 0 fully saturated rings. The molecule has 33 heavy (non-hydrogen) atoms. The molecular weight excluding hydrogens is 420 g/mol. The average molecular weight is 451 g/mol. The first-order valence-electron chi connectivity index (χ1n) is 11.3. The first-order chi connectivity index (χ1) is 15.8. The van der Waals surface area contributed by atoms with Crippen molar-refractivity contribution >= 4 is 22.5 Å². The zero-order valence-corrected chi connectivity index (χ0v) is 19.6. The largest absolute Gasteiger partial charge is 0.328 e. The third-order valence-electron chi connectivity index (χ3n) is 5.99. The van der Waals surface area contributed by atoms with Gasteiger partial charge in [-0.3, -0.25) is 24.3 Å². The standard InChI is InChI=1S/C25H30N4O4/c1-5-7-10-15-28(24(30)18-14-13-17(3)22(16-18)29(32)33)21(6-2)23-26-20-12-9-8-11-19(20)25(31)27(23)4/h8-9,11-14,16,21H,5-7,10,15H2,1-4H3. The highest BCUT2D eigenvalue weighted by Crippen LogP contribution is 2.28. The van der Waals surface area contributed by atoms with E-state index in [0.29, 0.717) is 35.3 Å². The minimum Gasteiger partial charge on any atom is -0.328 e. The lowest BCUT2D eigenvalue weighted by molar-refractivity contribution is -0.385. The third-order valence-corrected chi connectivity index (χ3v) is 5.99. The van der Waals surface area contributed by atoms with Crippen LogP contribution in [0.3, 0.4) is 0 Å². The molecule has 8 nitrogen and oxygen atoms in total. The molecule has 8 heteroatoms. The molecule has 1 heterocycles. The number of benzene rings is 2. The van der Waals surface area contributed by atoms with Gasteiger partial charge in [-0.2, -0.15) is 0 Å². The average Bonchev–Trinajstić information content (AvgIpc) is 2.81. The van der Waals surface area contributed by atoms with Gasteiger partial charge in [0.2, 0.25) is 0 Å². The summed E-state index contributed by atoms with van der Waals surface area (Å²) in [7, 11) is 1.67. The summed E-state index contributed by atoms with van der Waals surface area (Å²) in [5.41, 5.74) is 1.09. The second kappa shape index (κ2) is 10.4. The van der Waals surface area contributed by atoms with Crippen LogP contribution in [0, 0.1) is 17.0 Å². The van der Waals surface area contributed by atoms with Gasteiger partial charge in [0.1, 0.15) is 5.82 Å². The van der Waals surface area contributed by atoms with Crippen LogP contribution >= 0.6 is 0 Å². The fourth-order valence-electron chi connectivity index (χ4n) is 4.11. The molecule has 0 saturated carbocycles. The number of amides is 1. The van der Waals surface area contributed by atoms with E-state index in [1.165, 1.54) is 10.6 Å². The van der Waals surface area contributed by atoms with E-state index in [9.17, 15) is 19.7 Å². The van der Waals surface area contributed by atoms with Gasteiger partial charge in [0.25, 0.3) is 17.2 Å². The number of carbonyl (C=O) groups is 1. The molecule has 1 atom stereocenters. The van der Waals surface area contributed by atoms with Gasteiger partial charge < -0.3 is 4.90 Å². The van der Waals surface area contributed by atoms with Crippen molar-refractivity contribution in [2.24, 2.45) is 7.05 Å². The molecule has 0 N–H and O–H groups in total. The number of hydrogen-bond acceptors (Lipinski definition) is 5. The summed E-state index contributed by atoms with van der Waals surface area (Å²) in [6, 6.07) is 11.3. The van der Waals surface area contributed by atoms with Crippen molar-refractivity contribution in [1.82, 2.24) is 14.5 Å². The minimum absolute atomic E-state index is 0.0846. The van der Waals surface area contributed by atoms with Gasteiger partial charge in [-0.15, -0.1) is 0 Å². The quantitative estimate of drug-likeness (QED) is 0.261. The number of fused-ring (bicyclic) bond motifs is 1. The first-order valence-corrected chi connectivity index (χ1v) is 11.3. The van der Waals surface area contributed by atoms with Crippen molar-refractivity contribution in [2.75, 3.05) is 6.54 Å². The topological polar surface area (TPSA) is 98.3 Å². The lowest BCUT2D eigenvalue weighted by Gasteiger charge is -2.32. The SMILES string of the molecule is CCCCCN(C(=O)c1ccc(C)c([N+](=O)[O-])c1)C(CC)c1nc2ccccc2c(=O)n1C. The fourth-order valence-corrected chi connectivity index (χ4v) is 4.11. The van der Waals surface area contributed by atoms with E-state index in [-0.39, 0.29) is 22.7 Å². The fraction of sp³-hybridized carbons (Fsp3) is 0.400. The second-order valence-electron chi connectivity index (χ2n) is 8.24. The normalized spacial score (nSPS) is 12.0. The van der Waals surface area contributed by atoms with Gasteiger partial charge in [-0.25, -0.2) is 4.98 Å². The molecule has 3 aromatic rings. The Kier molecular flexibility index (Phi) is 7.58. The number of unbranched alkanes of at least 4 members (excludes halogenated alkanes) is 2. The Bertz CT molecular complexity index is 1230. The van der Waals surface area contributed by atoms with Crippen molar-refractivity contribution < 1.29 is 9.72 Å². The highest BCUT2D eigenvalue weighted by Gasteiger charge is 2.29. The van der Waals surface area contributed by atoms with Crippen molar-refractivity contribution in [2.45, 2.75) is 52.5 Å². The van der Waals surface area contributed by atoms with E-state index in [2.05, 4.69) is 6.92 Å². The molecule has 0 saturated heterocycles. The van der Waals surface area contributed by atoms with E-state index in [1.807, 2.05) is 13.0 Å². The van der Waals surface area contributed by atoms with E-state index >= 15 is 0 Å². The summed E-state index contributed by atoms with van der Waals surface area (Å²) in [5.74, 6) is 0.205. The number of aromatic nitrogens is 2. The molecule has 1 unspecified atom stereocenters. The molecule has 2 aromatic carbocycles. The highest BCUT2D eigenvalue weighted by molar-refractivity contribution is 5.95. The van der Waals surface area contributed by atoms with E-state index in [4.69, 9.17) is 4.98 Å². The zero-order chi connectivity index (χ0) is 24.1. The van der Waals surface area contributed by atoms with Crippen LogP contribution < -0.4 is 5.56 Å². The number of carbonyl (C=O) groups excluding carboxylic acids is 1. The number of para-hydroxylation sites is 1. The Morgan fingerprint density at radius 2 is 1.91 bits per heavy atom. The first kappa shape index (κ1) is 24.1. The third kappa shape index (κ3) is 4.94. The molecule has 0 aliphatic carbocycles. The van der Waals surface area contributed by atoms with Crippen LogP contribution in [0.4, 0.5) is 5.69 Å². The van der Waals surface area contributed by atoms with Crippen molar-refractivity contribution in [1.29, 1.82) is 0 Å². The van der Waals surface area contributed by atoms with Crippen LogP contribution in [0.25, 0.3) is 10.9 Å². The Morgan fingerprint density at radius 1 is 1.18 bits per heavy atom. The molecule has 0 radical (unpaired) electrons. The summed E-state index contributed by atoms with van der Waals surface area (Å²) in [6.45, 7) is 6.15. The summed E-state index contributed by atoms with van der Waals surface area (Å²) in [5, 5.41) is 12.0. The monoisotopic (exact) mass is 450 g/mol. The molecule has 0 bridgehead atoms. The highest BCUT2D eigenvalue weighted by atomic mass is 16.6. The number of nitrogens with zero attached hydrogens (tertiary/aromatic N) is 4. The van der Waals surface area contributed by atoms with Gasteiger partial charge in [0.15, 0.2) is 0 Å². The van der Waals surface area contributed by atoms with Crippen LogP contribution in [0.15, 0.2) is 47.3 Å². The Labute approximate surface area is 193 Å². The number of nitro benzene ring substituents is 1. The van der Waals surface area contributed by atoms with Crippen LogP contribution in [-0.2, 0) is 7.05 Å². The summed E-state index contributed by atoms with van der Waals surface area (Å²) < 4.78 is 1.51. The van der Waals surface area contributed by atoms with Gasteiger partial charge in [0, 0.05) is 30.8 Å². The van der Waals surface area contributed by atoms with Crippen LogP contribution in [0.2, 0.25) is 0 Å².